The molecule has 7 nitrogen and oxygen atoms in total. The third-order valence-corrected chi connectivity index (χ3v) is 11.6. The van der Waals surface area contributed by atoms with Crippen LogP contribution in [0, 0.1) is 0 Å². The standard InChI is InChI=1S/C59H39N7/c1-4-14-42(15-5-1)54-39-55(63-58(62-54)49-23-12-20-45(36-49)40-28-32-60-33-29-40)48-22-13-21-46(37-48)53-38-47(26-27-51(53)41-30-34-61-35-31-41)50-24-10-11-25-52(50)59-65-56(43-16-6-2-7-17-43)64-57(66-59)44-18-8-3-9-19-44/h1-39H. The van der Waals surface area contributed by atoms with E-state index in [1.807, 2.05) is 122 Å². The molecule has 0 atom stereocenters. The molecule has 0 fully saturated rings. The zero-order valence-electron chi connectivity index (χ0n) is 35.6. The number of nitrogens with zero attached hydrogens (tertiary/aromatic N) is 7. The summed E-state index contributed by atoms with van der Waals surface area (Å²) in [6.45, 7) is 0. The van der Waals surface area contributed by atoms with Gasteiger partial charge in [-0.1, -0.05) is 164 Å². The van der Waals surface area contributed by atoms with E-state index in [1.54, 1.807) is 0 Å². The van der Waals surface area contributed by atoms with E-state index < -0.39 is 0 Å². The predicted octanol–water partition coefficient (Wildman–Crippen LogP) is 14.1. The van der Waals surface area contributed by atoms with E-state index in [1.165, 1.54) is 0 Å². The summed E-state index contributed by atoms with van der Waals surface area (Å²) in [6.07, 6.45) is 7.30. The molecule has 310 valence electrons. The number of hydrogen-bond acceptors (Lipinski definition) is 7. The van der Waals surface area contributed by atoms with Gasteiger partial charge in [0.15, 0.2) is 23.3 Å². The van der Waals surface area contributed by atoms with E-state index in [0.29, 0.717) is 23.3 Å². The molecule has 0 aliphatic rings. The highest BCUT2D eigenvalue weighted by atomic mass is 15.0. The quantitative estimate of drug-likeness (QED) is 0.135. The molecular weight excluding hydrogens is 807 g/mol. The van der Waals surface area contributed by atoms with E-state index in [9.17, 15) is 0 Å². The molecule has 0 saturated heterocycles. The second kappa shape index (κ2) is 18.0. The van der Waals surface area contributed by atoms with Gasteiger partial charge in [0.1, 0.15) is 0 Å². The van der Waals surface area contributed by atoms with Crippen LogP contribution >= 0.6 is 0 Å². The van der Waals surface area contributed by atoms with Crippen molar-refractivity contribution in [1.82, 2.24) is 34.9 Å². The lowest BCUT2D eigenvalue weighted by Crippen LogP contribution is -2.01. The van der Waals surface area contributed by atoms with Crippen molar-refractivity contribution in [3.63, 3.8) is 0 Å². The molecule has 0 saturated carbocycles. The molecule has 4 heterocycles. The maximum atomic E-state index is 5.27. The van der Waals surface area contributed by atoms with Gasteiger partial charge in [-0.3, -0.25) is 9.97 Å². The fourth-order valence-corrected chi connectivity index (χ4v) is 8.30. The van der Waals surface area contributed by atoms with Crippen molar-refractivity contribution < 1.29 is 0 Å². The van der Waals surface area contributed by atoms with E-state index in [2.05, 4.69) is 125 Å². The van der Waals surface area contributed by atoms with Gasteiger partial charge >= 0.3 is 0 Å². The van der Waals surface area contributed by atoms with Crippen molar-refractivity contribution in [2.75, 3.05) is 0 Å². The lowest BCUT2D eigenvalue weighted by Gasteiger charge is -2.16. The van der Waals surface area contributed by atoms with Gasteiger partial charge < -0.3 is 0 Å². The van der Waals surface area contributed by atoms with Crippen LogP contribution in [0.1, 0.15) is 0 Å². The highest BCUT2D eigenvalue weighted by molar-refractivity contribution is 5.91. The maximum absolute atomic E-state index is 5.27. The summed E-state index contributed by atoms with van der Waals surface area (Å²) in [4.78, 5) is 34.2. The molecule has 0 spiro atoms. The molecule has 7 aromatic carbocycles. The summed E-state index contributed by atoms with van der Waals surface area (Å²) in [7, 11) is 0. The molecular formula is C59H39N7. The fourth-order valence-electron chi connectivity index (χ4n) is 8.30. The van der Waals surface area contributed by atoms with E-state index in [4.69, 9.17) is 24.9 Å². The normalized spacial score (nSPS) is 11.0. The van der Waals surface area contributed by atoms with Crippen LogP contribution in [0.5, 0.6) is 0 Å². The smallest absolute Gasteiger partial charge is 0.164 e. The van der Waals surface area contributed by atoms with Gasteiger partial charge in [-0.2, -0.15) is 0 Å². The van der Waals surface area contributed by atoms with Crippen LogP contribution in [0.15, 0.2) is 237 Å². The van der Waals surface area contributed by atoms with Crippen molar-refractivity contribution in [2.45, 2.75) is 0 Å². The lowest BCUT2D eigenvalue weighted by molar-refractivity contribution is 1.07. The van der Waals surface area contributed by atoms with Crippen LogP contribution in [-0.4, -0.2) is 34.9 Å². The second-order valence-electron chi connectivity index (χ2n) is 15.8. The molecule has 0 aliphatic carbocycles. The zero-order chi connectivity index (χ0) is 44.1. The number of rotatable bonds is 10. The number of benzene rings is 7. The van der Waals surface area contributed by atoms with Gasteiger partial charge in [-0.25, -0.2) is 24.9 Å². The molecule has 66 heavy (non-hydrogen) atoms. The molecule has 11 aromatic rings. The highest BCUT2D eigenvalue weighted by Gasteiger charge is 2.19. The molecule has 0 aliphatic heterocycles. The fraction of sp³-hybridized carbons (Fsp3) is 0. The van der Waals surface area contributed by atoms with E-state index in [-0.39, 0.29) is 0 Å². The van der Waals surface area contributed by atoms with E-state index >= 15 is 0 Å². The third-order valence-electron chi connectivity index (χ3n) is 11.6. The molecule has 0 radical (unpaired) electrons. The summed E-state index contributed by atoms with van der Waals surface area (Å²) in [6, 6.07) is 72.7. The van der Waals surface area contributed by atoms with Crippen molar-refractivity contribution in [1.29, 1.82) is 0 Å². The topological polar surface area (TPSA) is 90.2 Å². The van der Waals surface area contributed by atoms with Crippen LogP contribution in [-0.2, 0) is 0 Å². The number of aromatic nitrogens is 7. The van der Waals surface area contributed by atoms with Crippen molar-refractivity contribution in [2.24, 2.45) is 0 Å². The maximum Gasteiger partial charge on any atom is 0.164 e. The van der Waals surface area contributed by atoms with Gasteiger partial charge in [0.05, 0.1) is 11.4 Å². The summed E-state index contributed by atoms with van der Waals surface area (Å²) >= 11 is 0. The molecule has 7 heteroatoms. The third kappa shape index (κ3) is 8.28. The molecule has 0 bridgehead atoms. The Labute approximate surface area is 383 Å². The first-order valence-corrected chi connectivity index (χ1v) is 21.8. The second-order valence-corrected chi connectivity index (χ2v) is 15.8. The van der Waals surface area contributed by atoms with Crippen LogP contribution in [0.25, 0.3) is 113 Å². The Hall–Kier alpha value is -9.07. The first-order chi connectivity index (χ1) is 32.7. The van der Waals surface area contributed by atoms with Gasteiger partial charge in [-0.15, -0.1) is 0 Å². The van der Waals surface area contributed by atoms with Gasteiger partial charge in [0.25, 0.3) is 0 Å². The van der Waals surface area contributed by atoms with Crippen LogP contribution in [0.3, 0.4) is 0 Å². The molecule has 0 amide bonds. The minimum absolute atomic E-state index is 0.597. The first-order valence-electron chi connectivity index (χ1n) is 21.8. The SMILES string of the molecule is c1ccc(-c2cc(-c3cccc(-c4cc(-c5ccccc5-c5nc(-c6ccccc6)nc(-c6ccccc6)n5)ccc4-c4ccncc4)c3)nc(-c3cccc(-c4ccncc4)c3)n2)cc1. The van der Waals surface area contributed by atoms with Gasteiger partial charge in [-0.05, 0) is 93.0 Å². The summed E-state index contributed by atoms with van der Waals surface area (Å²) in [5.74, 6) is 2.47. The van der Waals surface area contributed by atoms with Crippen molar-refractivity contribution >= 4 is 0 Å². The summed E-state index contributed by atoms with van der Waals surface area (Å²) in [5, 5.41) is 0. The predicted molar refractivity (Wildman–Crippen MR) is 265 cm³/mol. The van der Waals surface area contributed by atoms with Crippen LogP contribution < -0.4 is 0 Å². The minimum atomic E-state index is 0.597. The number of hydrogen-bond donors (Lipinski definition) is 0. The van der Waals surface area contributed by atoms with Crippen molar-refractivity contribution in [3.8, 4) is 113 Å². The summed E-state index contributed by atoms with van der Waals surface area (Å²) in [5.41, 5.74) is 15.7. The van der Waals surface area contributed by atoms with E-state index in [0.717, 1.165) is 89.3 Å². The summed E-state index contributed by atoms with van der Waals surface area (Å²) < 4.78 is 0. The average Bonchev–Trinajstić information content (AvgIpc) is 3.42. The molecule has 11 rings (SSSR count). The van der Waals surface area contributed by atoms with Gasteiger partial charge in [0, 0.05) is 58.2 Å². The molecule has 0 N–H and O–H groups in total. The monoisotopic (exact) mass is 845 g/mol. The Morgan fingerprint density at radius 2 is 0.636 bits per heavy atom. The zero-order valence-corrected chi connectivity index (χ0v) is 35.6. The number of pyridine rings is 2. The Kier molecular flexibility index (Phi) is 10.8. The Balaban J connectivity index is 1.05. The Morgan fingerprint density at radius 3 is 1.29 bits per heavy atom. The van der Waals surface area contributed by atoms with Gasteiger partial charge in [0.2, 0.25) is 0 Å². The largest absolute Gasteiger partial charge is 0.265 e. The highest BCUT2D eigenvalue weighted by Crippen LogP contribution is 2.40. The Bertz CT molecular complexity index is 3400. The van der Waals surface area contributed by atoms with Crippen molar-refractivity contribution in [3.05, 3.63) is 237 Å². The average molecular weight is 846 g/mol. The lowest BCUT2D eigenvalue weighted by atomic mass is 9.89. The first kappa shape index (κ1) is 39.8. The van der Waals surface area contributed by atoms with Crippen LogP contribution in [0.4, 0.5) is 0 Å². The van der Waals surface area contributed by atoms with Crippen LogP contribution in [0.2, 0.25) is 0 Å². The molecule has 0 unspecified atom stereocenters. The minimum Gasteiger partial charge on any atom is -0.265 e. The Morgan fingerprint density at radius 1 is 0.197 bits per heavy atom. The molecule has 4 aromatic heterocycles.